The number of aryl methyl sites for hydroxylation is 2. The fourth-order valence-corrected chi connectivity index (χ4v) is 1.97. The molecule has 0 fully saturated rings. The average Bonchev–Trinajstić information content (AvgIpc) is 2.45. The van der Waals surface area contributed by atoms with Gasteiger partial charge in [-0.1, -0.05) is 25.4 Å². The van der Waals surface area contributed by atoms with Gasteiger partial charge in [0.05, 0.1) is 5.69 Å². The highest BCUT2D eigenvalue weighted by Gasteiger charge is 2.24. The maximum atomic E-state index is 6.28. The highest BCUT2D eigenvalue weighted by molar-refractivity contribution is 6.30. The first-order valence-electron chi connectivity index (χ1n) is 5.40. The van der Waals surface area contributed by atoms with Crippen LogP contribution in [0, 0.1) is 6.92 Å². The Morgan fingerprint density at radius 3 is 2.27 bits per heavy atom. The van der Waals surface area contributed by atoms with Gasteiger partial charge in [0.2, 0.25) is 0 Å². The van der Waals surface area contributed by atoms with E-state index in [9.17, 15) is 0 Å². The molecule has 15 heavy (non-hydrogen) atoms. The number of aromatic nitrogens is 2. The van der Waals surface area contributed by atoms with E-state index in [0.717, 1.165) is 30.5 Å². The van der Waals surface area contributed by atoms with Crippen molar-refractivity contribution < 1.29 is 0 Å². The number of halogens is 1. The van der Waals surface area contributed by atoms with E-state index < -0.39 is 0 Å². The van der Waals surface area contributed by atoms with E-state index in [1.807, 2.05) is 14.0 Å². The minimum atomic E-state index is -0.155. The van der Waals surface area contributed by atoms with Gasteiger partial charge in [-0.05, 0) is 26.2 Å². The minimum Gasteiger partial charge on any atom is -0.325 e. The zero-order valence-electron chi connectivity index (χ0n) is 9.97. The van der Waals surface area contributed by atoms with Gasteiger partial charge in [0.25, 0.3) is 0 Å². The molecular weight excluding hydrogens is 210 g/mol. The molecule has 3 nitrogen and oxygen atoms in total. The summed E-state index contributed by atoms with van der Waals surface area (Å²) in [5.41, 5.74) is 8.20. The van der Waals surface area contributed by atoms with Gasteiger partial charge in [-0.3, -0.25) is 4.68 Å². The van der Waals surface area contributed by atoms with Crippen LogP contribution >= 0.6 is 11.6 Å². The Morgan fingerprint density at radius 2 is 1.93 bits per heavy atom. The molecule has 0 aliphatic heterocycles. The largest absolute Gasteiger partial charge is 0.325 e. The summed E-state index contributed by atoms with van der Waals surface area (Å²) in [5.74, 6) is 0. The van der Waals surface area contributed by atoms with E-state index >= 15 is 0 Å². The Kier molecular flexibility index (Phi) is 3.79. The lowest BCUT2D eigenvalue weighted by Crippen LogP contribution is -2.40. The summed E-state index contributed by atoms with van der Waals surface area (Å²) in [4.78, 5) is 0. The molecule has 0 saturated heterocycles. The molecule has 2 N–H and O–H groups in total. The number of hydrogen-bond donors (Lipinski definition) is 1. The van der Waals surface area contributed by atoms with Gasteiger partial charge < -0.3 is 5.73 Å². The van der Waals surface area contributed by atoms with Crippen molar-refractivity contribution >= 4 is 11.6 Å². The summed E-state index contributed by atoms with van der Waals surface area (Å²) in [7, 11) is 1.86. The number of nitrogens with two attached hydrogens (primary N) is 1. The summed E-state index contributed by atoms with van der Waals surface area (Å²) < 4.78 is 1.71. The van der Waals surface area contributed by atoms with E-state index in [0.29, 0.717) is 5.15 Å². The average molecular weight is 230 g/mol. The molecule has 1 rings (SSSR count). The fraction of sp³-hybridized carbons (Fsp3) is 0.727. The first-order chi connectivity index (χ1) is 6.93. The Morgan fingerprint density at radius 1 is 1.40 bits per heavy atom. The van der Waals surface area contributed by atoms with Gasteiger partial charge in [-0.2, -0.15) is 5.10 Å². The number of rotatable bonds is 4. The molecule has 86 valence electrons. The first-order valence-corrected chi connectivity index (χ1v) is 5.78. The molecule has 0 bridgehead atoms. The second kappa shape index (κ2) is 4.54. The quantitative estimate of drug-likeness (QED) is 0.862. The highest BCUT2D eigenvalue weighted by Crippen LogP contribution is 2.25. The van der Waals surface area contributed by atoms with Crippen LogP contribution in [0.25, 0.3) is 0 Å². The summed E-state index contributed by atoms with van der Waals surface area (Å²) in [6, 6.07) is 0. The Bertz CT molecular complexity index is 340. The van der Waals surface area contributed by atoms with E-state index in [4.69, 9.17) is 17.3 Å². The number of hydrogen-bond acceptors (Lipinski definition) is 2. The Labute approximate surface area is 96.6 Å². The summed E-state index contributed by atoms with van der Waals surface area (Å²) in [5, 5.41) is 5.00. The van der Waals surface area contributed by atoms with Crippen molar-refractivity contribution in [2.24, 2.45) is 12.8 Å². The van der Waals surface area contributed by atoms with Gasteiger partial charge in [0, 0.05) is 18.2 Å². The molecule has 0 spiro atoms. The van der Waals surface area contributed by atoms with Crippen LogP contribution in [0.3, 0.4) is 0 Å². The van der Waals surface area contributed by atoms with Gasteiger partial charge in [0.15, 0.2) is 0 Å². The third-order valence-corrected chi connectivity index (χ3v) is 3.68. The maximum absolute atomic E-state index is 6.28. The van der Waals surface area contributed by atoms with E-state index in [-0.39, 0.29) is 5.54 Å². The van der Waals surface area contributed by atoms with Gasteiger partial charge in [-0.15, -0.1) is 0 Å². The first kappa shape index (κ1) is 12.5. The summed E-state index contributed by atoms with van der Waals surface area (Å²) in [6.45, 7) is 6.21. The van der Waals surface area contributed by atoms with Crippen molar-refractivity contribution in [1.29, 1.82) is 0 Å². The third kappa shape index (κ3) is 2.52. The van der Waals surface area contributed by atoms with Crippen molar-refractivity contribution in [2.45, 2.75) is 45.6 Å². The number of nitrogens with zero attached hydrogens (tertiary/aromatic N) is 2. The zero-order chi connectivity index (χ0) is 11.6. The van der Waals surface area contributed by atoms with E-state index in [1.54, 1.807) is 4.68 Å². The zero-order valence-corrected chi connectivity index (χ0v) is 10.7. The van der Waals surface area contributed by atoms with Crippen LogP contribution in [0.5, 0.6) is 0 Å². The molecule has 0 atom stereocenters. The standard InChI is InChI=1S/C11H20ClN3/c1-5-11(13,6-2)7-9-8(3)14-15(4)10(9)12/h5-7,13H2,1-4H3. The van der Waals surface area contributed by atoms with Crippen LogP contribution in [-0.4, -0.2) is 15.3 Å². The topological polar surface area (TPSA) is 43.8 Å². The monoisotopic (exact) mass is 229 g/mol. The molecule has 1 aromatic rings. The lowest BCUT2D eigenvalue weighted by molar-refractivity contribution is 0.392. The van der Waals surface area contributed by atoms with Crippen LogP contribution in [0.15, 0.2) is 0 Å². The molecule has 0 amide bonds. The smallest absolute Gasteiger partial charge is 0.130 e. The SMILES string of the molecule is CCC(N)(CC)Cc1c(C)nn(C)c1Cl. The lowest BCUT2D eigenvalue weighted by atomic mass is 9.87. The van der Waals surface area contributed by atoms with Crippen molar-refractivity contribution in [3.05, 3.63) is 16.4 Å². The van der Waals surface area contributed by atoms with Crippen molar-refractivity contribution in [3.8, 4) is 0 Å². The third-order valence-electron chi connectivity index (χ3n) is 3.21. The van der Waals surface area contributed by atoms with Crippen LogP contribution < -0.4 is 5.73 Å². The second-order valence-electron chi connectivity index (χ2n) is 4.22. The molecule has 0 aliphatic rings. The predicted octanol–water partition coefficient (Wildman–Crippen LogP) is 2.44. The van der Waals surface area contributed by atoms with E-state index in [1.165, 1.54) is 0 Å². The van der Waals surface area contributed by atoms with Gasteiger partial charge in [0.1, 0.15) is 5.15 Å². The van der Waals surface area contributed by atoms with Crippen LogP contribution in [0.4, 0.5) is 0 Å². The molecule has 4 heteroatoms. The molecule has 1 heterocycles. The molecule has 1 aromatic heterocycles. The normalized spacial score (nSPS) is 12.1. The maximum Gasteiger partial charge on any atom is 0.130 e. The molecule has 0 aromatic carbocycles. The lowest BCUT2D eigenvalue weighted by Gasteiger charge is -2.26. The molecular formula is C11H20ClN3. The van der Waals surface area contributed by atoms with Crippen LogP contribution in [0.2, 0.25) is 5.15 Å². The molecule has 0 unspecified atom stereocenters. The highest BCUT2D eigenvalue weighted by atomic mass is 35.5. The van der Waals surface area contributed by atoms with Gasteiger partial charge in [-0.25, -0.2) is 0 Å². The summed E-state index contributed by atoms with van der Waals surface area (Å²) >= 11 is 6.18. The minimum absolute atomic E-state index is 0.155. The molecule has 0 radical (unpaired) electrons. The Balaban J connectivity index is 2.98. The van der Waals surface area contributed by atoms with Crippen LogP contribution in [-0.2, 0) is 13.5 Å². The van der Waals surface area contributed by atoms with Crippen molar-refractivity contribution in [2.75, 3.05) is 0 Å². The molecule has 0 aliphatic carbocycles. The Hall–Kier alpha value is -0.540. The van der Waals surface area contributed by atoms with Gasteiger partial charge >= 0.3 is 0 Å². The fourth-order valence-electron chi connectivity index (χ4n) is 1.73. The molecule has 0 saturated carbocycles. The second-order valence-corrected chi connectivity index (χ2v) is 4.58. The van der Waals surface area contributed by atoms with Crippen molar-refractivity contribution in [1.82, 2.24) is 9.78 Å². The van der Waals surface area contributed by atoms with Crippen molar-refractivity contribution in [3.63, 3.8) is 0 Å². The summed E-state index contributed by atoms with van der Waals surface area (Å²) in [6.07, 6.45) is 2.71. The van der Waals surface area contributed by atoms with E-state index in [2.05, 4.69) is 18.9 Å². The van der Waals surface area contributed by atoms with Crippen LogP contribution in [0.1, 0.15) is 37.9 Å². The predicted molar refractivity (Wildman–Crippen MR) is 64.2 cm³/mol.